The van der Waals surface area contributed by atoms with E-state index in [1.54, 1.807) is 18.0 Å². The van der Waals surface area contributed by atoms with Crippen LogP contribution in [-0.2, 0) is 0 Å². The number of anilines is 1. The second kappa shape index (κ2) is 7.52. The molecule has 2 amide bonds. The van der Waals surface area contributed by atoms with Gasteiger partial charge in [-0.25, -0.2) is 9.78 Å². The van der Waals surface area contributed by atoms with E-state index in [0.717, 1.165) is 32.1 Å². The Balaban J connectivity index is 1.46. The van der Waals surface area contributed by atoms with Crippen molar-refractivity contribution in [2.75, 3.05) is 18.9 Å². The van der Waals surface area contributed by atoms with Crippen molar-refractivity contribution in [3.8, 4) is 0 Å². The summed E-state index contributed by atoms with van der Waals surface area (Å²) in [5, 5.41) is 27.3. The molecule has 168 valence electrons. The Labute approximate surface area is 186 Å². The smallest absolute Gasteiger partial charge is 0.407 e. The highest BCUT2D eigenvalue weighted by molar-refractivity contribution is 6.31. The Morgan fingerprint density at radius 1 is 1.26 bits per heavy atom. The lowest BCUT2D eigenvalue weighted by Crippen LogP contribution is -2.61. The molecule has 1 aromatic heterocycles. The van der Waals surface area contributed by atoms with Crippen molar-refractivity contribution in [2.24, 2.45) is 23.7 Å². The number of nitrogens with zero attached hydrogens (tertiary/aromatic N) is 2. The summed E-state index contributed by atoms with van der Waals surface area (Å²) in [5.74, 6) is 1.57. The number of halogens is 1. The molecule has 9 heteroatoms. The molecule has 4 unspecified atom stereocenters. The third kappa shape index (κ3) is 3.53. The van der Waals surface area contributed by atoms with Crippen LogP contribution in [0.1, 0.15) is 48.9 Å². The Hall–Kier alpha value is -2.06. The predicted molar refractivity (Wildman–Crippen MR) is 115 cm³/mol. The second-order valence-corrected chi connectivity index (χ2v) is 10.3. The number of nitrogens with one attached hydrogen (secondary N) is 2. The van der Waals surface area contributed by atoms with Gasteiger partial charge in [0.1, 0.15) is 5.82 Å². The van der Waals surface area contributed by atoms with Crippen LogP contribution in [0.3, 0.4) is 0 Å². The van der Waals surface area contributed by atoms with Crippen LogP contribution in [0.4, 0.5) is 10.6 Å². The lowest BCUT2D eigenvalue weighted by molar-refractivity contribution is -0.162. The molecule has 0 radical (unpaired) electrons. The molecule has 2 heterocycles. The maximum absolute atomic E-state index is 12.4. The molecule has 4 N–H and O–H groups in total. The molecule has 0 spiro atoms. The molecule has 1 saturated heterocycles. The summed E-state index contributed by atoms with van der Waals surface area (Å²) in [6.45, 7) is 0.449. The molecular weight excluding hydrogens is 420 g/mol. The lowest BCUT2D eigenvalue weighted by Gasteiger charge is -2.60. The van der Waals surface area contributed by atoms with Crippen LogP contribution in [-0.4, -0.2) is 63.4 Å². The molecular formula is C22H29ClN4O4. The summed E-state index contributed by atoms with van der Waals surface area (Å²) in [6.07, 6.45) is 5.81. The predicted octanol–water partition coefficient (Wildman–Crippen LogP) is 2.81. The third-order valence-electron chi connectivity index (χ3n) is 8.06. The van der Waals surface area contributed by atoms with Crippen molar-refractivity contribution in [3.05, 3.63) is 22.8 Å². The van der Waals surface area contributed by atoms with E-state index in [-0.39, 0.29) is 23.9 Å². The Morgan fingerprint density at radius 2 is 1.97 bits per heavy atom. The lowest BCUT2D eigenvalue weighted by atomic mass is 9.48. The van der Waals surface area contributed by atoms with E-state index in [1.807, 2.05) is 0 Å². The molecule has 5 aliphatic rings. The molecule has 1 aliphatic heterocycles. The zero-order chi connectivity index (χ0) is 21.9. The maximum Gasteiger partial charge on any atom is 0.407 e. The van der Waals surface area contributed by atoms with Gasteiger partial charge in [-0.3, -0.25) is 4.79 Å². The van der Waals surface area contributed by atoms with Crippen molar-refractivity contribution < 1.29 is 19.8 Å². The SMILES string of the molecule is CNC(=O)c1cc(Cl)cnc1NC1CCN(C(=O)O)[C@@H]1C1C2CC3C[C@H]1C[C@@](O)(C3)C2. The minimum atomic E-state index is -0.905. The number of aromatic nitrogens is 1. The van der Waals surface area contributed by atoms with Gasteiger partial charge in [-0.15, -0.1) is 0 Å². The van der Waals surface area contributed by atoms with Crippen molar-refractivity contribution in [3.63, 3.8) is 0 Å². The van der Waals surface area contributed by atoms with Crippen LogP contribution in [0.25, 0.3) is 0 Å². The number of carbonyl (C=O) groups excluding carboxylic acids is 1. The van der Waals surface area contributed by atoms with Crippen molar-refractivity contribution in [2.45, 2.75) is 56.2 Å². The monoisotopic (exact) mass is 448 g/mol. The number of carboxylic acid groups (broad SMARTS) is 1. The molecule has 5 fully saturated rings. The Kier molecular flexibility index (Phi) is 5.05. The second-order valence-electron chi connectivity index (χ2n) is 9.91. The van der Waals surface area contributed by atoms with Gasteiger partial charge >= 0.3 is 6.09 Å². The minimum absolute atomic E-state index is 0.148. The first-order valence-corrected chi connectivity index (χ1v) is 11.5. The number of pyridine rings is 1. The zero-order valence-electron chi connectivity index (χ0n) is 17.6. The fourth-order valence-corrected chi connectivity index (χ4v) is 7.45. The first kappa shape index (κ1) is 20.8. The topological polar surface area (TPSA) is 115 Å². The summed E-state index contributed by atoms with van der Waals surface area (Å²) >= 11 is 6.07. The molecule has 6 rings (SSSR count). The average molecular weight is 449 g/mol. The Bertz CT molecular complexity index is 895. The normalized spacial score (nSPS) is 38.4. The number of hydrogen-bond acceptors (Lipinski definition) is 5. The average Bonchev–Trinajstić information content (AvgIpc) is 3.10. The molecule has 4 saturated carbocycles. The molecule has 7 atom stereocenters. The summed E-state index contributed by atoms with van der Waals surface area (Å²) in [5.41, 5.74) is -0.214. The van der Waals surface area contributed by atoms with Crippen molar-refractivity contribution >= 4 is 29.4 Å². The number of aliphatic hydroxyl groups is 1. The van der Waals surface area contributed by atoms with Gasteiger partial charge in [0.05, 0.1) is 28.3 Å². The van der Waals surface area contributed by atoms with E-state index >= 15 is 0 Å². The van der Waals surface area contributed by atoms with Crippen LogP contribution in [0, 0.1) is 23.7 Å². The van der Waals surface area contributed by atoms with Crippen LogP contribution < -0.4 is 10.6 Å². The quantitative estimate of drug-likeness (QED) is 0.563. The summed E-state index contributed by atoms with van der Waals surface area (Å²) < 4.78 is 0. The van der Waals surface area contributed by atoms with Gasteiger partial charge in [-0.2, -0.15) is 0 Å². The maximum atomic E-state index is 12.4. The van der Waals surface area contributed by atoms with Gasteiger partial charge in [0.2, 0.25) is 0 Å². The van der Waals surface area contributed by atoms with Crippen molar-refractivity contribution in [1.29, 1.82) is 0 Å². The number of rotatable bonds is 4. The van der Waals surface area contributed by atoms with Crippen LogP contribution in [0.5, 0.6) is 0 Å². The first-order valence-electron chi connectivity index (χ1n) is 11.1. The third-order valence-corrected chi connectivity index (χ3v) is 8.26. The van der Waals surface area contributed by atoms with E-state index in [9.17, 15) is 19.8 Å². The number of carbonyl (C=O) groups is 2. The zero-order valence-corrected chi connectivity index (χ0v) is 18.3. The number of amides is 2. The minimum Gasteiger partial charge on any atom is -0.465 e. The number of likely N-dealkylation sites (tertiary alicyclic amines) is 1. The molecule has 0 aromatic carbocycles. The summed E-state index contributed by atoms with van der Waals surface area (Å²) in [4.78, 5) is 30.4. The number of hydrogen-bond donors (Lipinski definition) is 4. The van der Waals surface area contributed by atoms with Gasteiger partial charge in [0.25, 0.3) is 5.91 Å². The van der Waals surface area contributed by atoms with Gasteiger partial charge < -0.3 is 25.7 Å². The summed E-state index contributed by atoms with van der Waals surface area (Å²) in [6, 6.07) is 1.23. The highest BCUT2D eigenvalue weighted by atomic mass is 35.5. The molecule has 4 bridgehead atoms. The summed E-state index contributed by atoms with van der Waals surface area (Å²) in [7, 11) is 1.55. The molecule has 8 nitrogen and oxygen atoms in total. The highest BCUT2D eigenvalue weighted by Gasteiger charge is 2.59. The van der Waals surface area contributed by atoms with E-state index in [4.69, 9.17) is 11.6 Å². The Morgan fingerprint density at radius 3 is 2.58 bits per heavy atom. The van der Waals surface area contributed by atoms with Gasteiger partial charge in [-0.1, -0.05) is 11.6 Å². The van der Waals surface area contributed by atoms with Crippen LogP contribution in [0.15, 0.2) is 12.3 Å². The standard InChI is InChI=1S/C22H29ClN4O4/c1-24-20(28)15-6-14(23)10-25-19(15)26-16-2-3-27(21(29)30)18(16)17-12-4-11-5-13(17)9-22(31,7-11)8-12/h6,10-13,16-18,31H,2-5,7-9H2,1H3,(H,24,28)(H,25,26)(H,29,30)/t11?,12-,13?,16?,17?,18-,22-/m0/s1. The van der Waals surface area contributed by atoms with Gasteiger partial charge in [0.15, 0.2) is 0 Å². The van der Waals surface area contributed by atoms with E-state index in [1.165, 1.54) is 6.20 Å². The van der Waals surface area contributed by atoms with E-state index < -0.39 is 11.7 Å². The molecule has 1 aromatic rings. The van der Waals surface area contributed by atoms with Crippen LogP contribution >= 0.6 is 11.6 Å². The van der Waals surface area contributed by atoms with E-state index in [2.05, 4.69) is 15.6 Å². The van der Waals surface area contributed by atoms with Crippen molar-refractivity contribution in [1.82, 2.24) is 15.2 Å². The molecule has 31 heavy (non-hydrogen) atoms. The van der Waals surface area contributed by atoms with E-state index in [0.29, 0.717) is 47.1 Å². The highest BCUT2D eigenvalue weighted by Crippen LogP contribution is 2.60. The van der Waals surface area contributed by atoms with Gasteiger partial charge in [-0.05, 0) is 68.3 Å². The first-order chi connectivity index (χ1) is 14.8. The fraction of sp³-hybridized carbons (Fsp3) is 0.682. The molecule has 4 aliphatic carbocycles. The largest absolute Gasteiger partial charge is 0.465 e. The fourth-order valence-electron chi connectivity index (χ4n) is 7.29. The van der Waals surface area contributed by atoms with Crippen LogP contribution in [0.2, 0.25) is 5.02 Å². The van der Waals surface area contributed by atoms with Gasteiger partial charge in [0, 0.05) is 19.8 Å².